The first-order valence-corrected chi connectivity index (χ1v) is 6.24. The number of nitrogens with one attached hydrogen (secondary N) is 2. The van der Waals surface area contributed by atoms with E-state index in [1.54, 1.807) is 0 Å². The molecule has 3 N–H and O–H groups in total. The summed E-state index contributed by atoms with van der Waals surface area (Å²) in [7, 11) is 0. The van der Waals surface area contributed by atoms with E-state index in [0.717, 1.165) is 16.6 Å². The Labute approximate surface area is 110 Å². The minimum Gasteiger partial charge on any atom is -0.481 e. The van der Waals surface area contributed by atoms with Crippen LogP contribution in [0.1, 0.15) is 25.7 Å². The summed E-state index contributed by atoms with van der Waals surface area (Å²) in [4.78, 5) is 25.2. The molecule has 0 aliphatic rings. The predicted molar refractivity (Wildman–Crippen MR) is 73.0 cm³/mol. The number of hydrogen-bond acceptors (Lipinski definition) is 2. The number of carbonyl (C=O) groups is 2. The lowest BCUT2D eigenvalue weighted by Gasteiger charge is -2.06. The molecule has 1 aromatic carbocycles. The van der Waals surface area contributed by atoms with Crippen LogP contribution in [-0.4, -0.2) is 22.0 Å². The summed E-state index contributed by atoms with van der Waals surface area (Å²) in [6.45, 7) is 0. The van der Waals surface area contributed by atoms with Gasteiger partial charge in [0.05, 0.1) is 5.69 Å². The summed E-state index contributed by atoms with van der Waals surface area (Å²) < 4.78 is 0. The molecule has 1 amide bonds. The maximum absolute atomic E-state index is 11.8. The van der Waals surface area contributed by atoms with Crippen molar-refractivity contribution in [3.05, 3.63) is 30.5 Å². The fourth-order valence-corrected chi connectivity index (χ4v) is 1.97. The van der Waals surface area contributed by atoms with Gasteiger partial charge < -0.3 is 15.4 Å². The van der Waals surface area contributed by atoms with Crippen LogP contribution in [0.2, 0.25) is 0 Å². The number of unbranched alkanes of at least 4 members (excludes halogenated alkanes) is 1. The highest BCUT2D eigenvalue weighted by atomic mass is 16.4. The lowest BCUT2D eigenvalue weighted by Crippen LogP contribution is -2.11. The van der Waals surface area contributed by atoms with Crippen LogP contribution in [-0.2, 0) is 9.59 Å². The molecule has 0 aliphatic heterocycles. The molecule has 1 heterocycles. The summed E-state index contributed by atoms with van der Waals surface area (Å²) in [5.41, 5.74) is 1.76. The van der Waals surface area contributed by atoms with Crippen molar-refractivity contribution in [1.82, 2.24) is 4.98 Å². The molecule has 5 nitrogen and oxygen atoms in total. The van der Waals surface area contributed by atoms with Crippen LogP contribution >= 0.6 is 0 Å². The van der Waals surface area contributed by atoms with Crippen molar-refractivity contribution in [1.29, 1.82) is 0 Å². The minimum absolute atomic E-state index is 0.0842. The quantitative estimate of drug-likeness (QED) is 0.698. The zero-order valence-corrected chi connectivity index (χ0v) is 10.5. The van der Waals surface area contributed by atoms with E-state index < -0.39 is 5.97 Å². The Morgan fingerprint density at radius 1 is 1.16 bits per heavy atom. The first-order chi connectivity index (χ1) is 9.16. The van der Waals surface area contributed by atoms with Gasteiger partial charge in [-0.05, 0) is 31.0 Å². The molecule has 0 fully saturated rings. The molecule has 100 valence electrons. The van der Waals surface area contributed by atoms with Crippen LogP contribution in [0.25, 0.3) is 10.9 Å². The number of benzene rings is 1. The second-order valence-corrected chi connectivity index (χ2v) is 4.39. The first kappa shape index (κ1) is 13.1. The number of H-pyrrole nitrogens is 1. The van der Waals surface area contributed by atoms with E-state index in [4.69, 9.17) is 5.11 Å². The van der Waals surface area contributed by atoms with Gasteiger partial charge in [0.1, 0.15) is 0 Å². The minimum atomic E-state index is -0.822. The van der Waals surface area contributed by atoms with E-state index in [-0.39, 0.29) is 12.3 Å². The number of anilines is 1. The van der Waals surface area contributed by atoms with Gasteiger partial charge in [0.15, 0.2) is 0 Å². The van der Waals surface area contributed by atoms with Crippen LogP contribution in [0.3, 0.4) is 0 Å². The summed E-state index contributed by atoms with van der Waals surface area (Å²) in [6, 6.07) is 7.58. The van der Waals surface area contributed by atoms with Crippen molar-refractivity contribution < 1.29 is 14.7 Å². The van der Waals surface area contributed by atoms with Crippen LogP contribution < -0.4 is 5.32 Å². The zero-order valence-electron chi connectivity index (χ0n) is 10.5. The zero-order chi connectivity index (χ0) is 13.7. The van der Waals surface area contributed by atoms with Crippen LogP contribution in [0.5, 0.6) is 0 Å². The fraction of sp³-hybridized carbons (Fsp3) is 0.286. The fourth-order valence-electron chi connectivity index (χ4n) is 1.97. The van der Waals surface area contributed by atoms with Crippen molar-refractivity contribution in [2.75, 3.05) is 5.32 Å². The van der Waals surface area contributed by atoms with Gasteiger partial charge in [-0.3, -0.25) is 9.59 Å². The van der Waals surface area contributed by atoms with Crippen molar-refractivity contribution in [3.63, 3.8) is 0 Å². The molecule has 1 aromatic heterocycles. The number of aliphatic carboxylic acids is 1. The normalized spacial score (nSPS) is 10.5. The molecular weight excluding hydrogens is 244 g/mol. The third kappa shape index (κ3) is 3.58. The van der Waals surface area contributed by atoms with Crippen molar-refractivity contribution in [3.8, 4) is 0 Å². The van der Waals surface area contributed by atoms with Gasteiger partial charge in [-0.25, -0.2) is 0 Å². The maximum atomic E-state index is 11.8. The number of amides is 1. The van der Waals surface area contributed by atoms with Crippen LogP contribution in [0.4, 0.5) is 5.69 Å². The van der Waals surface area contributed by atoms with Crippen molar-refractivity contribution in [2.24, 2.45) is 0 Å². The Morgan fingerprint density at radius 2 is 1.95 bits per heavy atom. The molecular formula is C14H16N2O3. The topological polar surface area (TPSA) is 82.2 Å². The number of fused-ring (bicyclic) bond motifs is 1. The van der Waals surface area contributed by atoms with Gasteiger partial charge in [0.25, 0.3) is 0 Å². The Kier molecular flexibility index (Phi) is 4.18. The molecule has 0 atom stereocenters. The van der Waals surface area contributed by atoms with Gasteiger partial charge in [-0.1, -0.05) is 6.07 Å². The molecule has 0 aliphatic carbocycles. The Bertz CT molecular complexity index is 589. The van der Waals surface area contributed by atoms with Gasteiger partial charge >= 0.3 is 5.97 Å². The number of aromatic nitrogens is 1. The first-order valence-electron chi connectivity index (χ1n) is 6.24. The molecule has 0 radical (unpaired) electrons. The third-order valence-corrected chi connectivity index (χ3v) is 2.91. The molecule has 0 saturated heterocycles. The van der Waals surface area contributed by atoms with E-state index in [1.165, 1.54) is 0 Å². The van der Waals surface area contributed by atoms with Crippen LogP contribution in [0, 0.1) is 0 Å². The SMILES string of the molecule is O=C(O)CCCCC(=O)Nc1cccc2[nH]ccc12. The molecule has 19 heavy (non-hydrogen) atoms. The summed E-state index contributed by atoms with van der Waals surface area (Å²) in [5, 5.41) is 12.3. The molecule has 0 saturated carbocycles. The van der Waals surface area contributed by atoms with E-state index >= 15 is 0 Å². The molecule has 5 heteroatoms. The van der Waals surface area contributed by atoms with E-state index in [0.29, 0.717) is 19.3 Å². The number of carbonyl (C=O) groups excluding carboxylic acids is 1. The number of aromatic amines is 1. The van der Waals surface area contributed by atoms with Crippen LogP contribution in [0.15, 0.2) is 30.5 Å². The number of rotatable bonds is 6. The Balaban J connectivity index is 1.88. The average Bonchev–Trinajstić information content (AvgIpc) is 2.84. The molecule has 0 unspecified atom stereocenters. The highest BCUT2D eigenvalue weighted by Gasteiger charge is 2.06. The Morgan fingerprint density at radius 3 is 2.74 bits per heavy atom. The summed E-state index contributed by atoms with van der Waals surface area (Å²) in [5.74, 6) is -0.906. The molecule has 0 spiro atoms. The van der Waals surface area contributed by atoms with Crippen molar-refractivity contribution >= 4 is 28.5 Å². The monoisotopic (exact) mass is 260 g/mol. The summed E-state index contributed by atoms with van der Waals surface area (Å²) in [6.07, 6.45) is 3.39. The highest BCUT2D eigenvalue weighted by Crippen LogP contribution is 2.22. The number of hydrogen-bond donors (Lipinski definition) is 3. The van der Waals surface area contributed by atoms with E-state index in [1.807, 2.05) is 30.5 Å². The second kappa shape index (κ2) is 6.04. The molecule has 0 bridgehead atoms. The number of carboxylic acids is 1. The molecule has 2 aromatic rings. The van der Waals surface area contributed by atoms with Crippen molar-refractivity contribution in [2.45, 2.75) is 25.7 Å². The highest BCUT2D eigenvalue weighted by molar-refractivity contribution is 6.01. The van der Waals surface area contributed by atoms with Gasteiger partial charge in [0, 0.05) is 29.9 Å². The standard InChI is InChI=1S/C14H16N2O3/c17-13(6-1-2-7-14(18)19)16-12-5-3-4-11-10(12)8-9-15-11/h3-5,8-9,15H,1-2,6-7H2,(H,16,17)(H,18,19). The largest absolute Gasteiger partial charge is 0.481 e. The average molecular weight is 260 g/mol. The van der Waals surface area contributed by atoms with Gasteiger partial charge in [0.2, 0.25) is 5.91 Å². The third-order valence-electron chi connectivity index (χ3n) is 2.91. The lowest BCUT2D eigenvalue weighted by molar-refractivity contribution is -0.137. The van der Waals surface area contributed by atoms with E-state index in [2.05, 4.69) is 10.3 Å². The second-order valence-electron chi connectivity index (χ2n) is 4.39. The van der Waals surface area contributed by atoms with Gasteiger partial charge in [-0.2, -0.15) is 0 Å². The van der Waals surface area contributed by atoms with Gasteiger partial charge in [-0.15, -0.1) is 0 Å². The molecule has 2 rings (SSSR count). The number of carboxylic acid groups (broad SMARTS) is 1. The smallest absolute Gasteiger partial charge is 0.303 e. The lowest BCUT2D eigenvalue weighted by atomic mass is 10.1. The maximum Gasteiger partial charge on any atom is 0.303 e. The van der Waals surface area contributed by atoms with E-state index in [9.17, 15) is 9.59 Å². The summed E-state index contributed by atoms with van der Waals surface area (Å²) >= 11 is 0. The predicted octanol–water partition coefficient (Wildman–Crippen LogP) is 2.75. The Hall–Kier alpha value is -2.30.